The minimum Gasteiger partial charge on any atom is -0.484 e. The van der Waals surface area contributed by atoms with Crippen molar-refractivity contribution in [2.75, 3.05) is 24.8 Å². The third kappa shape index (κ3) is 5.50. The molecule has 2 aromatic carbocycles. The lowest BCUT2D eigenvalue weighted by Crippen LogP contribution is -2.49. The van der Waals surface area contributed by atoms with Crippen molar-refractivity contribution >= 4 is 23.4 Å². The molecule has 1 N–H and O–H groups in total. The number of carbonyl (C=O) groups excluding carboxylic acids is 3. The van der Waals surface area contributed by atoms with Gasteiger partial charge in [0, 0.05) is 37.3 Å². The van der Waals surface area contributed by atoms with Gasteiger partial charge >= 0.3 is 0 Å². The van der Waals surface area contributed by atoms with E-state index in [2.05, 4.69) is 19.2 Å². The second kappa shape index (κ2) is 10.7. The summed E-state index contributed by atoms with van der Waals surface area (Å²) in [5, 5.41) is 2.92. The van der Waals surface area contributed by atoms with Crippen LogP contribution in [0.4, 0.5) is 5.69 Å². The minimum atomic E-state index is -0.427. The Kier molecular flexibility index (Phi) is 7.21. The number of benzene rings is 2. The van der Waals surface area contributed by atoms with Crippen LogP contribution in [0.25, 0.3) is 0 Å². The number of rotatable bonds is 7. The minimum absolute atomic E-state index is 0.00639. The SMILES string of the molecule is C[C@@H]1CCC[C@@H](C)N1C(=O)COc1ccc(N2C[C@@H](C(=O)NCc3ccc4c(c3)OCO4)CC2=O)cc1. The molecular formula is C28H33N3O6. The number of fused-ring (bicyclic) bond motifs is 1. The number of ether oxygens (including phenoxy) is 3. The molecule has 3 heterocycles. The monoisotopic (exact) mass is 507 g/mol. The molecule has 5 rings (SSSR count). The first-order valence-corrected chi connectivity index (χ1v) is 12.9. The molecule has 2 saturated heterocycles. The van der Waals surface area contributed by atoms with Crippen LogP contribution in [0.1, 0.15) is 45.1 Å². The molecule has 2 aromatic rings. The van der Waals surface area contributed by atoms with Gasteiger partial charge in [-0.3, -0.25) is 14.4 Å². The molecule has 3 amide bonds. The quantitative estimate of drug-likeness (QED) is 0.618. The summed E-state index contributed by atoms with van der Waals surface area (Å²) in [5.41, 5.74) is 1.60. The van der Waals surface area contributed by atoms with Crippen LogP contribution in [0.2, 0.25) is 0 Å². The highest BCUT2D eigenvalue weighted by atomic mass is 16.7. The molecule has 0 unspecified atom stereocenters. The number of likely N-dealkylation sites (tertiary alicyclic amines) is 1. The maximum absolute atomic E-state index is 12.8. The Labute approximate surface area is 216 Å². The standard InChI is InChI=1S/C28H33N3O6/c1-18-4-3-5-19(2)31(18)27(33)16-35-23-9-7-22(8-10-23)30-15-21(13-26(30)32)28(34)29-14-20-6-11-24-25(12-20)37-17-36-24/h6-12,18-19,21H,3-5,13-17H2,1-2H3,(H,29,34)/t18-,19-,21+/m1/s1. The van der Waals surface area contributed by atoms with Gasteiger partial charge in [-0.15, -0.1) is 0 Å². The zero-order chi connectivity index (χ0) is 25.9. The van der Waals surface area contributed by atoms with Crippen molar-refractivity contribution in [2.45, 2.75) is 58.2 Å². The molecule has 196 valence electrons. The average molecular weight is 508 g/mol. The second-order valence-electron chi connectivity index (χ2n) is 10.0. The van der Waals surface area contributed by atoms with Crippen molar-refractivity contribution in [1.82, 2.24) is 10.2 Å². The Hall–Kier alpha value is -3.75. The highest BCUT2D eigenvalue weighted by molar-refractivity contribution is 6.00. The Morgan fingerprint density at radius 3 is 2.51 bits per heavy atom. The molecule has 0 bridgehead atoms. The fraction of sp³-hybridized carbons (Fsp3) is 0.464. The fourth-order valence-corrected chi connectivity index (χ4v) is 5.37. The van der Waals surface area contributed by atoms with Crippen molar-refractivity contribution < 1.29 is 28.6 Å². The van der Waals surface area contributed by atoms with Crippen LogP contribution in [0.5, 0.6) is 17.2 Å². The largest absolute Gasteiger partial charge is 0.484 e. The molecule has 0 saturated carbocycles. The summed E-state index contributed by atoms with van der Waals surface area (Å²) in [4.78, 5) is 41.7. The summed E-state index contributed by atoms with van der Waals surface area (Å²) >= 11 is 0. The number of hydrogen-bond donors (Lipinski definition) is 1. The van der Waals surface area contributed by atoms with E-state index < -0.39 is 5.92 Å². The van der Waals surface area contributed by atoms with Crippen LogP contribution in [-0.2, 0) is 20.9 Å². The van der Waals surface area contributed by atoms with Gasteiger partial charge in [-0.05, 0) is 75.1 Å². The lowest BCUT2D eigenvalue weighted by atomic mass is 9.97. The van der Waals surface area contributed by atoms with Crippen molar-refractivity contribution in [3.8, 4) is 17.2 Å². The maximum atomic E-state index is 12.8. The number of piperidine rings is 1. The van der Waals surface area contributed by atoms with Crippen LogP contribution in [0, 0.1) is 5.92 Å². The number of amides is 3. The maximum Gasteiger partial charge on any atom is 0.260 e. The van der Waals surface area contributed by atoms with Crippen molar-refractivity contribution in [3.05, 3.63) is 48.0 Å². The summed E-state index contributed by atoms with van der Waals surface area (Å²) in [7, 11) is 0. The molecule has 3 aliphatic rings. The van der Waals surface area contributed by atoms with Crippen LogP contribution in [0.3, 0.4) is 0 Å². The Morgan fingerprint density at radius 1 is 1.03 bits per heavy atom. The zero-order valence-corrected chi connectivity index (χ0v) is 21.3. The van der Waals surface area contributed by atoms with Gasteiger partial charge in [0.15, 0.2) is 18.1 Å². The van der Waals surface area contributed by atoms with Crippen LogP contribution < -0.4 is 24.4 Å². The predicted octanol–water partition coefficient (Wildman–Crippen LogP) is 3.25. The zero-order valence-electron chi connectivity index (χ0n) is 21.3. The lowest BCUT2D eigenvalue weighted by molar-refractivity contribution is -0.139. The van der Waals surface area contributed by atoms with Crippen molar-refractivity contribution in [3.63, 3.8) is 0 Å². The smallest absolute Gasteiger partial charge is 0.260 e. The molecule has 3 aliphatic heterocycles. The molecule has 9 nitrogen and oxygen atoms in total. The van der Waals surface area contributed by atoms with Gasteiger partial charge in [0.2, 0.25) is 18.6 Å². The van der Waals surface area contributed by atoms with E-state index in [1.54, 1.807) is 29.2 Å². The average Bonchev–Trinajstić information content (AvgIpc) is 3.52. The van der Waals surface area contributed by atoms with Crippen LogP contribution in [-0.4, -0.2) is 54.6 Å². The molecule has 3 atom stereocenters. The Bertz CT molecular complexity index is 1160. The van der Waals surface area contributed by atoms with Gasteiger partial charge in [0.25, 0.3) is 5.91 Å². The first-order chi connectivity index (χ1) is 17.9. The molecule has 2 fully saturated rings. The highest BCUT2D eigenvalue weighted by Crippen LogP contribution is 2.32. The number of anilines is 1. The summed E-state index contributed by atoms with van der Waals surface area (Å²) in [5.74, 6) is 1.24. The third-order valence-corrected chi connectivity index (χ3v) is 7.39. The lowest BCUT2D eigenvalue weighted by Gasteiger charge is -2.38. The molecule has 37 heavy (non-hydrogen) atoms. The van der Waals surface area contributed by atoms with E-state index >= 15 is 0 Å². The van der Waals surface area contributed by atoms with Crippen molar-refractivity contribution in [2.24, 2.45) is 5.92 Å². The van der Waals surface area contributed by atoms with Crippen LogP contribution in [0.15, 0.2) is 42.5 Å². The number of nitrogens with one attached hydrogen (secondary N) is 1. The Balaban J connectivity index is 1.12. The topological polar surface area (TPSA) is 97.4 Å². The Morgan fingerprint density at radius 2 is 1.76 bits per heavy atom. The van der Waals surface area contributed by atoms with Crippen molar-refractivity contribution in [1.29, 1.82) is 0 Å². The molecule has 0 aromatic heterocycles. The van der Waals surface area contributed by atoms with Crippen LogP contribution >= 0.6 is 0 Å². The van der Waals surface area contributed by atoms with Gasteiger partial charge in [-0.1, -0.05) is 6.07 Å². The molecular weight excluding hydrogens is 474 g/mol. The second-order valence-corrected chi connectivity index (χ2v) is 10.0. The first kappa shape index (κ1) is 24.9. The summed E-state index contributed by atoms with van der Waals surface area (Å²) < 4.78 is 16.4. The van der Waals surface area contributed by atoms with E-state index in [4.69, 9.17) is 14.2 Å². The van der Waals surface area contributed by atoms with Gasteiger partial charge < -0.3 is 29.3 Å². The van der Waals surface area contributed by atoms with Gasteiger partial charge in [0.05, 0.1) is 5.92 Å². The van der Waals surface area contributed by atoms with E-state index in [0.29, 0.717) is 36.0 Å². The normalized spacial score (nSPS) is 22.8. The number of nitrogens with zero attached hydrogens (tertiary/aromatic N) is 2. The summed E-state index contributed by atoms with van der Waals surface area (Å²) in [6.07, 6.45) is 3.34. The summed E-state index contributed by atoms with van der Waals surface area (Å²) in [6, 6.07) is 13.1. The summed E-state index contributed by atoms with van der Waals surface area (Å²) in [6.45, 7) is 5.02. The molecule has 9 heteroatoms. The van der Waals surface area contributed by atoms with E-state index in [-0.39, 0.29) is 49.6 Å². The highest BCUT2D eigenvalue weighted by Gasteiger charge is 2.35. The van der Waals surface area contributed by atoms with Gasteiger partial charge in [0.1, 0.15) is 5.75 Å². The van der Waals surface area contributed by atoms with E-state index in [9.17, 15) is 14.4 Å². The van der Waals surface area contributed by atoms with E-state index in [0.717, 1.165) is 24.8 Å². The number of carbonyl (C=O) groups is 3. The molecule has 0 aliphatic carbocycles. The molecule has 0 spiro atoms. The number of hydrogen-bond acceptors (Lipinski definition) is 6. The van der Waals surface area contributed by atoms with E-state index in [1.807, 2.05) is 23.1 Å². The fourth-order valence-electron chi connectivity index (χ4n) is 5.37. The molecule has 0 radical (unpaired) electrons. The van der Waals surface area contributed by atoms with Gasteiger partial charge in [-0.25, -0.2) is 0 Å². The van der Waals surface area contributed by atoms with E-state index in [1.165, 1.54) is 0 Å². The van der Waals surface area contributed by atoms with Gasteiger partial charge in [-0.2, -0.15) is 0 Å². The third-order valence-electron chi connectivity index (χ3n) is 7.39. The first-order valence-electron chi connectivity index (χ1n) is 12.9. The predicted molar refractivity (Wildman–Crippen MR) is 136 cm³/mol.